The average molecular weight is 321 g/mol. The minimum atomic E-state index is -0.598. The highest BCUT2D eigenvalue weighted by atomic mass is 35.5. The van der Waals surface area contributed by atoms with Crippen LogP contribution in [0.5, 0.6) is 0 Å². The third kappa shape index (κ3) is 2.53. The SMILES string of the molecule is NN=C1CC(O)C(c2ccc(Cl)c(Cl)c2)c2ccccc21. The number of hydrogen-bond donors (Lipinski definition) is 2. The third-order valence-electron chi connectivity index (χ3n) is 3.85. The molecule has 2 unspecified atom stereocenters. The predicted octanol–water partition coefficient (Wildman–Crippen LogP) is 3.55. The molecular formula is C16H14Cl2N2O. The van der Waals surface area contributed by atoms with Crippen molar-refractivity contribution < 1.29 is 5.11 Å². The van der Waals surface area contributed by atoms with Gasteiger partial charge in [0.05, 0.1) is 21.9 Å². The van der Waals surface area contributed by atoms with Crippen LogP contribution in [0.25, 0.3) is 0 Å². The van der Waals surface area contributed by atoms with Crippen LogP contribution in [0.4, 0.5) is 0 Å². The molecule has 0 saturated heterocycles. The van der Waals surface area contributed by atoms with Gasteiger partial charge < -0.3 is 10.9 Å². The van der Waals surface area contributed by atoms with Gasteiger partial charge in [-0.15, -0.1) is 0 Å². The fourth-order valence-corrected chi connectivity index (χ4v) is 3.20. The summed E-state index contributed by atoms with van der Waals surface area (Å²) < 4.78 is 0. The molecule has 21 heavy (non-hydrogen) atoms. The molecule has 0 saturated carbocycles. The Morgan fingerprint density at radius 3 is 2.57 bits per heavy atom. The van der Waals surface area contributed by atoms with Crippen LogP contribution in [0.1, 0.15) is 29.0 Å². The first-order chi connectivity index (χ1) is 10.1. The van der Waals surface area contributed by atoms with Gasteiger partial charge in [0.1, 0.15) is 0 Å². The molecule has 2 aromatic carbocycles. The highest BCUT2D eigenvalue weighted by Crippen LogP contribution is 2.38. The molecule has 2 aromatic rings. The first-order valence-electron chi connectivity index (χ1n) is 6.61. The number of halogens is 2. The van der Waals surface area contributed by atoms with Crippen molar-refractivity contribution in [3.63, 3.8) is 0 Å². The lowest BCUT2D eigenvalue weighted by molar-refractivity contribution is 0.161. The lowest BCUT2D eigenvalue weighted by atomic mass is 9.76. The molecular weight excluding hydrogens is 307 g/mol. The van der Waals surface area contributed by atoms with Gasteiger partial charge >= 0.3 is 0 Å². The Kier molecular flexibility index (Phi) is 3.89. The second-order valence-corrected chi connectivity index (χ2v) is 5.90. The average Bonchev–Trinajstić information content (AvgIpc) is 2.49. The smallest absolute Gasteiger partial charge is 0.0705 e. The summed E-state index contributed by atoms with van der Waals surface area (Å²) in [6.07, 6.45) is -0.183. The van der Waals surface area contributed by atoms with Crippen molar-refractivity contribution in [1.82, 2.24) is 0 Å². The van der Waals surface area contributed by atoms with E-state index in [1.54, 1.807) is 12.1 Å². The molecule has 0 radical (unpaired) electrons. The molecule has 1 aliphatic carbocycles. The van der Waals surface area contributed by atoms with Gasteiger partial charge in [-0.05, 0) is 23.3 Å². The number of hydrazone groups is 1. The lowest BCUT2D eigenvalue weighted by Crippen LogP contribution is -2.31. The predicted molar refractivity (Wildman–Crippen MR) is 86.1 cm³/mol. The van der Waals surface area contributed by atoms with Crippen molar-refractivity contribution in [3.8, 4) is 0 Å². The van der Waals surface area contributed by atoms with Gasteiger partial charge in [0.25, 0.3) is 0 Å². The zero-order valence-electron chi connectivity index (χ0n) is 11.1. The van der Waals surface area contributed by atoms with Gasteiger partial charge in [-0.25, -0.2) is 0 Å². The zero-order valence-corrected chi connectivity index (χ0v) is 12.6. The molecule has 0 bridgehead atoms. The highest BCUT2D eigenvalue weighted by molar-refractivity contribution is 6.42. The molecule has 0 heterocycles. The normalized spacial score (nSPS) is 23.1. The summed E-state index contributed by atoms with van der Waals surface area (Å²) in [7, 11) is 0. The van der Waals surface area contributed by atoms with Gasteiger partial charge in [0.2, 0.25) is 0 Å². The highest BCUT2D eigenvalue weighted by Gasteiger charge is 2.32. The molecule has 0 aromatic heterocycles. The number of aliphatic hydroxyl groups is 1. The largest absolute Gasteiger partial charge is 0.392 e. The fraction of sp³-hybridized carbons (Fsp3) is 0.188. The van der Waals surface area contributed by atoms with Crippen LogP contribution < -0.4 is 5.84 Å². The van der Waals surface area contributed by atoms with Gasteiger partial charge in [0.15, 0.2) is 0 Å². The zero-order chi connectivity index (χ0) is 15.0. The molecule has 3 N–H and O–H groups in total. The van der Waals surface area contributed by atoms with E-state index in [0.717, 1.165) is 22.4 Å². The van der Waals surface area contributed by atoms with E-state index in [9.17, 15) is 5.11 Å². The van der Waals surface area contributed by atoms with Gasteiger partial charge in [0, 0.05) is 17.9 Å². The summed E-state index contributed by atoms with van der Waals surface area (Å²) in [4.78, 5) is 0. The first kappa shape index (κ1) is 14.4. The number of aliphatic hydroxyl groups excluding tert-OH is 1. The molecule has 108 valence electrons. The first-order valence-corrected chi connectivity index (χ1v) is 7.36. The Hall–Kier alpha value is -1.55. The van der Waals surface area contributed by atoms with Crippen LogP contribution in [0, 0.1) is 0 Å². The molecule has 5 heteroatoms. The number of nitrogens with zero attached hydrogens (tertiary/aromatic N) is 1. The summed E-state index contributed by atoms with van der Waals surface area (Å²) >= 11 is 12.1. The van der Waals surface area contributed by atoms with Crippen LogP contribution in [-0.2, 0) is 0 Å². The number of rotatable bonds is 1. The molecule has 3 nitrogen and oxygen atoms in total. The Morgan fingerprint density at radius 1 is 1.10 bits per heavy atom. The number of benzene rings is 2. The maximum atomic E-state index is 10.5. The maximum absolute atomic E-state index is 10.5. The summed E-state index contributed by atoms with van der Waals surface area (Å²) in [6.45, 7) is 0. The Morgan fingerprint density at radius 2 is 1.86 bits per heavy atom. The van der Waals surface area contributed by atoms with E-state index in [2.05, 4.69) is 5.10 Å². The van der Waals surface area contributed by atoms with Crippen molar-refractivity contribution >= 4 is 28.9 Å². The topological polar surface area (TPSA) is 58.6 Å². The summed E-state index contributed by atoms with van der Waals surface area (Å²) in [5.41, 5.74) is 3.62. The fourth-order valence-electron chi connectivity index (χ4n) is 2.89. The molecule has 3 rings (SSSR count). The van der Waals surface area contributed by atoms with Crippen molar-refractivity contribution in [2.24, 2.45) is 10.9 Å². The van der Waals surface area contributed by atoms with E-state index in [1.165, 1.54) is 0 Å². The molecule has 0 aliphatic heterocycles. The van der Waals surface area contributed by atoms with Gasteiger partial charge in [-0.3, -0.25) is 0 Å². The van der Waals surface area contributed by atoms with Crippen molar-refractivity contribution in [3.05, 3.63) is 69.2 Å². The molecule has 2 atom stereocenters. The second kappa shape index (κ2) is 5.68. The van der Waals surface area contributed by atoms with E-state index < -0.39 is 6.10 Å². The third-order valence-corrected chi connectivity index (χ3v) is 4.59. The number of hydrogen-bond acceptors (Lipinski definition) is 3. The summed E-state index contributed by atoms with van der Waals surface area (Å²) in [5.74, 6) is 5.28. The number of nitrogens with two attached hydrogens (primary N) is 1. The quantitative estimate of drug-likeness (QED) is 0.623. The van der Waals surface area contributed by atoms with Crippen LogP contribution in [0.2, 0.25) is 10.0 Å². The number of fused-ring (bicyclic) bond motifs is 1. The van der Waals surface area contributed by atoms with E-state index in [0.29, 0.717) is 16.5 Å². The minimum Gasteiger partial charge on any atom is -0.392 e. The van der Waals surface area contributed by atoms with Crippen LogP contribution >= 0.6 is 23.2 Å². The van der Waals surface area contributed by atoms with Crippen LogP contribution in [0.15, 0.2) is 47.6 Å². The Bertz CT molecular complexity index is 715. The van der Waals surface area contributed by atoms with Crippen LogP contribution in [-0.4, -0.2) is 16.9 Å². The van der Waals surface area contributed by atoms with Crippen molar-refractivity contribution in [2.45, 2.75) is 18.4 Å². The monoisotopic (exact) mass is 320 g/mol. The van der Waals surface area contributed by atoms with E-state index in [4.69, 9.17) is 29.0 Å². The second-order valence-electron chi connectivity index (χ2n) is 5.09. The molecule has 1 aliphatic rings. The van der Waals surface area contributed by atoms with Crippen LogP contribution in [0.3, 0.4) is 0 Å². The van der Waals surface area contributed by atoms with E-state index >= 15 is 0 Å². The van der Waals surface area contributed by atoms with Gasteiger partial charge in [-0.2, -0.15) is 5.10 Å². The minimum absolute atomic E-state index is 0.165. The maximum Gasteiger partial charge on any atom is 0.0705 e. The van der Waals surface area contributed by atoms with E-state index in [1.807, 2.05) is 30.3 Å². The molecule has 0 fully saturated rings. The summed E-state index contributed by atoms with van der Waals surface area (Å²) in [6, 6.07) is 13.3. The standard InChI is InChI=1S/C16H14Cl2N2O/c17-12-6-5-9(7-13(12)18)16-11-4-2-1-3-10(11)14(20-19)8-15(16)21/h1-7,15-16,21H,8,19H2. The molecule has 0 amide bonds. The summed E-state index contributed by atoms with van der Waals surface area (Å²) in [5, 5.41) is 15.3. The Labute approximate surface area is 133 Å². The molecule has 0 spiro atoms. The van der Waals surface area contributed by atoms with Crippen molar-refractivity contribution in [1.29, 1.82) is 0 Å². The Balaban J connectivity index is 2.15. The lowest BCUT2D eigenvalue weighted by Gasteiger charge is -2.31. The van der Waals surface area contributed by atoms with Gasteiger partial charge in [-0.1, -0.05) is 53.5 Å². The van der Waals surface area contributed by atoms with Crippen molar-refractivity contribution in [2.75, 3.05) is 0 Å². The van der Waals surface area contributed by atoms with E-state index in [-0.39, 0.29) is 5.92 Å².